The maximum atomic E-state index is 11.4. The minimum atomic E-state index is -3.09. The smallest absolute Gasteiger partial charge is 0.211 e. The minimum absolute atomic E-state index is 0.0273. The molecular weight excluding hydrogens is 278 g/mol. The molecule has 0 aromatic heterocycles. The van der Waals surface area contributed by atoms with Crippen LogP contribution in [-0.2, 0) is 10.0 Å². The summed E-state index contributed by atoms with van der Waals surface area (Å²) in [5.41, 5.74) is 12.4. The molecule has 2 rings (SSSR count). The molecule has 1 aromatic rings. The van der Waals surface area contributed by atoms with E-state index in [2.05, 4.69) is 9.89 Å². The first kappa shape index (κ1) is 14.6. The Morgan fingerprint density at radius 1 is 1.10 bits per heavy atom. The average molecular weight is 297 g/mol. The van der Waals surface area contributed by atoms with E-state index in [1.165, 1.54) is 10.6 Å². The second-order valence-corrected chi connectivity index (χ2v) is 6.68. The van der Waals surface area contributed by atoms with Gasteiger partial charge in [0.15, 0.2) is 5.96 Å². The SMILES string of the molecule is CS(=O)(=O)N1CCN(c2ccc(N=C(N)N)cc2)CC1. The number of benzene rings is 1. The van der Waals surface area contributed by atoms with Gasteiger partial charge in [0.1, 0.15) is 0 Å². The number of rotatable bonds is 3. The van der Waals surface area contributed by atoms with Crippen LogP contribution in [0.5, 0.6) is 0 Å². The van der Waals surface area contributed by atoms with Crippen LogP contribution in [0.3, 0.4) is 0 Å². The van der Waals surface area contributed by atoms with E-state index in [0.29, 0.717) is 31.9 Å². The van der Waals surface area contributed by atoms with E-state index in [4.69, 9.17) is 11.5 Å². The Morgan fingerprint density at radius 2 is 1.65 bits per heavy atom. The van der Waals surface area contributed by atoms with Crippen LogP contribution in [0.1, 0.15) is 0 Å². The number of piperazine rings is 1. The van der Waals surface area contributed by atoms with Crippen LogP contribution in [0.4, 0.5) is 11.4 Å². The molecule has 0 aliphatic carbocycles. The zero-order valence-electron chi connectivity index (χ0n) is 11.4. The third kappa shape index (κ3) is 3.61. The Bertz CT molecular complexity index is 585. The van der Waals surface area contributed by atoms with Crippen molar-refractivity contribution in [1.29, 1.82) is 0 Å². The van der Waals surface area contributed by atoms with Gasteiger partial charge in [0.25, 0.3) is 0 Å². The summed E-state index contributed by atoms with van der Waals surface area (Å²) in [6.07, 6.45) is 1.24. The predicted octanol–water partition coefficient (Wildman–Crippen LogP) is -0.327. The van der Waals surface area contributed by atoms with Gasteiger partial charge < -0.3 is 16.4 Å². The first-order valence-electron chi connectivity index (χ1n) is 6.26. The van der Waals surface area contributed by atoms with E-state index in [-0.39, 0.29) is 5.96 Å². The van der Waals surface area contributed by atoms with Crippen molar-refractivity contribution in [3.05, 3.63) is 24.3 Å². The van der Waals surface area contributed by atoms with Gasteiger partial charge in [-0.15, -0.1) is 0 Å². The lowest BCUT2D eigenvalue weighted by atomic mass is 10.2. The second kappa shape index (κ2) is 5.68. The van der Waals surface area contributed by atoms with Crippen molar-refractivity contribution in [2.75, 3.05) is 37.3 Å². The summed E-state index contributed by atoms with van der Waals surface area (Å²) in [6.45, 7) is 2.37. The molecule has 0 bridgehead atoms. The van der Waals surface area contributed by atoms with Crippen LogP contribution < -0.4 is 16.4 Å². The van der Waals surface area contributed by atoms with Gasteiger partial charge in [0, 0.05) is 31.9 Å². The molecule has 0 unspecified atom stereocenters. The van der Waals surface area contributed by atoms with Gasteiger partial charge in [-0.25, -0.2) is 13.4 Å². The first-order valence-corrected chi connectivity index (χ1v) is 8.11. The third-order valence-electron chi connectivity index (χ3n) is 3.18. The Labute approximate surface area is 118 Å². The second-order valence-electron chi connectivity index (χ2n) is 4.70. The molecule has 8 heteroatoms. The molecule has 1 fully saturated rings. The number of sulfonamides is 1. The van der Waals surface area contributed by atoms with Gasteiger partial charge in [-0.3, -0.25) is 0 Å². The van der Waals surface area contributed by atoms with Crippen molar-refractivity contribution in [2.24, 2.45) is 16.5 Å². The fraction of sp³-hybridized carbons (Fsp3) is 0.417. The van der Waals surface area contributed by atoms with Crippen molar-refractivity contribution in [3.8, 4) is 0 Å². The summed E-state index contributed by atoms with van der Waals surface area (Å²) >= 11 is 0. The predicted molar refractivity (Wildman–Crippen MR) is 80.5 cm³/mol. The highest BCUT2D eigenvalue weighted by atomic mass is 32.2. The molecule has 1 saturated heterocycles. The zero-order chi connectivity index (χ0) is 14.8. The van der Waals surface area contributed by atoms with Crippen LogP contribution in [0.2, 0.25) is 0 Å². The van der Waals surface area contributed by atoms with E-state index in [1.54, 1.807) is 0 Å². The summed E-state index contributed by atoms with van der Waals surface area (Å²) in [5.74, 6) is 0.0273. The lowest BCUT2D eigenvalue weighted by Crippen LogP contribution is -2.48. The highest BCUT2D eigenvalue weighted by Gasteiger charge is 2.23. The summed E-state index contributed by atoms with van der Waals surface area (Å²) in [4.78, 5) is 6.10. The Kier molecular flexibility index (Phi) is 4.15. The third-order valence-corrected chi connectivity index (χ3v) is 4.48. The average Bonchev–Trinajstić information content (AvgIpc) is 2.38. The molecule has 0 spiro atoms. The molecule has 4 N–H and O–H groups in total. The normalized spacial score (nSPS) is 16.9. The number of hydrogen-bond acceptors (Lipinski definition) is 4. The van der Waals surface area contributed by atoms with E-state index >= 15 is 0 Å². The Balaban J connectivity index is 2.02. The summed E-state index contributed by atoms with van der Waals surface area (Å²) in [5, 5.41) is 0. The first-order chi connectivity index (χ1) is 9.36. The molecule has 0 amide bonds. The Hall–Kier alpha value is -1.80. The summed E-state index contributed by atoms with van der Waals surface area (Å²) in [6, 6.07) is 7.52. The van der Waals surface area contributed by atoms with Crippen molar-refractivity contribution in [2.45, 2.75) is 0 Å². The zero-order valence-corrected chi connectivity index (χ0v) is 12.2. The number of anilines is 1. The van der Waals surface area contributed by atoms with Gasteiger partial charge in [0.2, 0.25) is 10.0 Å². The molecular formula is C12H19N5O2S. The van der Waals surface area contributed by atoms with Crippen LogP contribution in [0.25, 0.3) is 0 Å². The molecule has 1 heterocycles. The molecule has 1 aliphatic heterocycles. The van der Waals surface area contributed by atoms with E-state index in [0.717, 1.165) is 5.69 Å². The van der Waals surface area contributed by atoms with Gasteiger partial charge in [0.05, 0.1) is 11.9 Å². The van der Waals surface area contributed by atoms with E-state index < -0.39 is 10.0 Å². The van der Waals surface area contributed by atoms with E-state index in [1.807, 2.05) is 24.3 Å². The molecule has 0 saturated carbocycles. The molecule has 110 valence electrons. The molecule has 1 aromatic carbocycles. The number of nitrogens with zero attached hydrogens (tertiary/aromatic N) is 3. The topological polar surface area (TPSA) is 105 Å². The van der Waals surface area contributed by atoms with Crippen molar-refractivity contribution < 1.29 is 8.42 Å². The Morgan fingerprint density at radius 3 is 2.10 bits per heavy atom. The van der Waals surface area contributed by atoms with Gasteiger partial charge in [-0.1, -0.05) is 0 Å². The highest BCUT2D eigenvalue weighted by molar-refractivity contribution is 7.88. The number of nitrogens with two attached hydrogens (primary N) is 2. The fourth-order valence-corrected chi connectivity index (χ4v) is 2.99. The molecule has 1 aliphatic rings. The van der Waals surface area contributed by atoms with Crippen molar-refractivity contribution >= 4 is 27.4 Å². The fourth-order valence-electron chi connectivity index (χ4n) is 2.17. The molecule has 7 nitrogen and oxygen atoms in total. The van der Waals surface area contributed by atoms with Crippen molar-refractivity contribution in [3.63, 3.8) is 0 Å². The van der Waals surface area contributed by atoms with Gasteiger partial charge in [-0.05, 0) is 24.3 Å². The van der Waals surface area contributed by atoms with Crippen LogP contribution in [0, 0.1) is 0 Å². The molecule has 0 atom stereocenters. The van der Waals surface area contributed by atoms with Crippen molar-refractivity contribution in [1.82, 2.24) is 4.31 Å². The monoisotopic (exact) mass is 297 g/mol. The highest BCUT2D eigenvalue weighted by Crippen LogP contribution is 2.21. The van der Waals surface area contributed by atoms with Crippen LogP contribution >= 0.6 is 0 Å². The maximum absolute atomic E-state index is 11.4. The van der Waals surface area contributed by atoms with Gasteiger partial charge in [-0.2, -0.15) is 4.31 Å². The molecule has 0 radical (unpaired) electrons. The van der Waals surface area contributed by atoms with E-state index in [9.17, 15) is 8.42 Å². The lowest BCUT2D eigenvalue weighted by molar-refractivity contribution is 0.388. The largest absolute Gasteiger partial charge is 0.370 e. The molecule has 20 heavy (non-hydrogen) atoms. The standard InChI is InChI=1S/C12H19N5O2S/c1-20(18,19)17-8-6-16(7-9-17)11-4-2-10(3-5-11)15-12(13)14/h2-5H,6-9H2,1H3,(H4,13,14,15). The number of guanidine groups is 1. The van der Waals surface area contributed by atoms with Crippen LogP contribution in [-0.4, -0.2) is 51.1 Å². The maximum Gasteiger partial charge on any atom is 0.211 e. The van der Waals surface area contributed by atoms with Gasteiger partial charge >= 0.3 is 0 Å². The lowest BCUT2D eigenvalue weighted by Gasteiger charge is -2.34. The van der Waals surface area contributed by atoms with Crippen LogP contribution in [0.15, 0.2) is 29.3 Å². The summed E-state index contributed by atoms with van der Waals surface area (Å²) < 4.78 is 24.4. The summed E-state index contributed by atoms with van der Waals surface area (Å²) in [7, 11) is -3.09. The number of aliphatic imine (C=N–C) groups is 1. The minimum Gasteiger partial charge on any atom is -0.370 e. The number of hydrogen-bond donors (Lipinski definition) is 2. The quantitative estimate of drug-likeness (QED) is 0.587.